The average molecular weight is 332 g/mol. The first-order chi connectivity index (χ1) is 12.1. The molecule has 0 aliphatic rings. The lowest BCUT2D eigenvalue weighted by atomic mass is 10.0. The molecule has 0 saturated carbocycles. The van der Waals surface area contributed by atoms with Gasteiger partial charge in [-0.3, -0.25) is 14.4 Å². The summed E-state index contributed by atoms with van der Waals surface area (Å²) >= 11 is 0. The first-order valence-corrected chi connectivity index (χ1v) is 8.46. The third-order valence-corrected chi connectivity index (χ3v) is 4.64. The van der Waals surface area contributed by atoms with Crippen LogP contribution in [0.2, 0.25) is 0 Å². The van der Waals surface area contributed by atoms with Gasteiger partial charge in [0.25, 0.3) is 0 Å². The molecule has 0 unspecified atom stereocenters. The van der Waals surface area contributed by atoms with Crippen LogP contribution in [0.1, 0.15) is 36.4 Å². The predicted octanol–water partition coefficient (Wildman–Crippen LogP) is 4.00. The van der Waals surface area contributed by atoms with E-state index in [4.69, 9.17) is 0 Å². The molecule has 0 spiro atoms. The molecule has 4 aromatic rings. The standard InChI is InChI=1S/C20H20N4O/c1-4-19(25)17-7-12(2)16(11-23-17)15-9-14-10-22-13(3)8-18(14)24-6-5-21-20(15)24/h5-11,19,25H,4H2,1-3H3/t19-/m0/s1. The second-order valence-corrected chi connectivity index (χ2v) is 6.41. The molecule has 0 aliphatic heterocycles. The predicted molar refractivity (Wildman–Crippen MR) is 98.4 cm³/mol. The fourth-order valence-electron chi connectivity index (χ4n) is 3.24. The molecule has 0 radical (unpaired) electrons. The van der Waals surface area contributed by atoms with Crippen LogP contribution in [-0.4, -0.2) is 24.5 Å². The number of pyridine rings is 3. The first-order valence-electron chi connectivity index (χ1n) is 8.46. The molecule has 4 rings (SSSR count). The maximum Gasteiger partial charge on any atom is 0.145 e. The molecule has 126 valence electrons. The highest BCUT2D eigenvalue weighted by atomic mass is 16.3. The molecular weight excluding hydrogens is 312 g/mol. The van der Waals surface area contributed by atoms with E-state index in [1.54, 1.807) is 0 Å². The Balaban J connectivity index is 1.97. The molecule has 0 amide bonds. The maximum atomic E-state index is 10.0. The quantitative estimate of drug-likeness (QED) is 0.616. The summed E-state index contributed by atoms with van der Waals surface area (Å²) in [5.41, 5.74) is 6.78. The molecule has 0 saturated heterocycles. The number of aryl methyl sites for hydroxylation is 2. The number of aliphatic hydroxyl groups is 1. The summed E-state index contributed by atoms with van der Waals surface area (Å²) in [6.45, 7) is 5.98. The van der Waals surface area contributed by atoms with Crippen molar-refractivity contribution in [2.75, 3.05) is 0 Å². The Kier molecular flexibility index (Phi) is 3.73. The fourth-order valence-corrected chi connectivity index (χ4v) is 3.24. The van der Waals surface area contributed by atoms with Gasteiger partial charge < -0.3 is 5.11 Å². The average Bonchev–Trinajstić information content (AvgIpc) is 3.11. The van der Waals surface area contributed by atoms with Crippen molar-refractivity contribution in [3.05, 3.63) is 59.9 Å². The Morgan fingerprint density at radius 1 is 1.04 bits per heavy atom. The van der Waals surface area contributed by atoms with Gasteiger partial charge in [-0.25, -0.2) is 4.98 Å². The molecule has 0 bridgehead atoms. The van der Waals surface area contributed by atoms with Gasteiger partial charge in [0.1, 0.15) is 5.65 Å². The van der Waals surface area contributed by atoms with Crippen LogP contribution >= 0.6 is 0 Å². The maximum absolute atomic E-state index is 10.0. The number of aromatic nitrogens is 4. The van der Waals surface area contributed by atoms with Crippen molar-refractivity contribution < 1.29 is 5.11 Å². The minimum Gasteiger partial charge on any atom is -0.387 e. The summed E-state index contributed by atoms with van der Waals surface area (Å²) in [4.78, 5) is 13.4. The zero-order chi connectivity index (χ0) is 17.6. The van der Waals surface area contributed by atoms with Crippen molar-refractivity contribution in [1.82, 2.24) is 19.4 Å². The third-order valence-electron chi connectivity index (χ3n) is 4.64. The van der Waals surface area contributed by atoms with Crippen molar-refractivity contribution in [2.45, 2.75) is 33.3 Å². The second-order valence-electron chi connectivity index (χ2n) is 6.41. The van der Waals surface area contributed by atoms with E-state index in [0.717, 1.165) is 38.9 Å². The number of nitrogens with zero attached hydrogens (tertiary/aromatic N) is 4. The van der Waals surface area contributed by atoms with E-state index < -0.39 is 6.10 Å². The fraction of sp³-hybridized carbons (Fsp3) is 0.250. The minimum atomic E-state index is -0.525. The lowest BCUT2D eigenvalue weighted by Crippen LogP contribution is -2.01. The Morgan fingerprint density at radius 2 is 1.88 bits per heavy atom. The van der Waals surface area contributed by atoms with Gasteiger partial charge in [0.05, 0.1) is 17.3 Å². The molecule has 0 aromatic carbocycles. The summed E-state index contributed by atoms with van der Waals surface area (Å²) in [6, 6.07) is 6.14. The van der Waals surface area contributed by atoms with Gasteiger partial charge in [0, 0.05) is 47.0 Å². The number of aliphatic hydroxyl groups excluding tert-OH is 1. The van der Waals surface area contributed by atoms with Gasteiger partial charge in [0.15, 0.2) is 0 Å². The zero-order valence-electron chi connectivity index (χ0n) is 14.6. The van der Waals surface area contributed by atoms with Crippen molar-refractivity contribution in [2.24, 2.45) is 0 Å². The Labute approximate surface area is 146 Å². The third kappa shape index (κ3) is 2.57. The van der Waals surface area contributed by atoms with Gasteiger partial charge in [0.2, 0.25) is 0 Å². The van der Waals surface area contributed by atoms with E-state index in [9.17, 15) is 5.11 Å². The molecule has 0 fully saturated rings. The molecule has 1 atom stereocenters. The molecule has 25 heavy (non-hydrogen) atoms. The first kappa shape index (κ1) is 15.7. The molecule has 5 heteroatoms. The summed E-state index contributed by atoms with van der Waals surface area (Å²) in [6.07, 6.45) is 7.64. The topological polar surface area (TPSA) is 63.3 Å². The smallest absolute Gasteiger partial charge is 0.145 e. The number of imidazole rings is 1. The molecular formula is C20H20N4O. The van der Waals surface area contributed by atoms with Crippen LogP contribution in [0.3, 0.4) is 0 Å². The summed E-state index contributed by atoms with van der Waals surface area (Å²) in [5.74, 6) is 0. The highest BCUT2D eigenvalue weighted by Gasteiger charge is 2.14. The second kappa shape index (κ2) is 5.93. The summed E-state index contributed by atoms with van der Waals surface area (Å²) in [7, 11) is 0. The number of rotatable bonds is 3. The highest BCUT2D eigenvalue weighted by Crippen LogP contribution is 2.31. The molecule has 1 N–H and O–H groups in total. The number of fused-ring (bicyclic) bond motifs is 3. The van der Waals surface area contributed by atoms with Gasteiger partial charge in [-0.1, -0.05) is 6.92 Å². The SMILES string of the molecule is CC[C@H](O)c1cc(C)c(-c2cc3cnc(C)cc3n3ccnc23)cn1. The Morgan fingerprint density at radius 3 is 2.64 bits per heavy atom. The van der Waals surface area contributed by atoms with E-state index in [1.807, 2.05) is 51.6 Å². The Hall–Kier alpha value is -2.79. The highest BCUT2D eigenvalue weighted by molar-refractivity contribution is 5.92. The van der Waals surface area contributed by atoms with Crippen LogP contribution < -0.4 is 0 Å². The lowest BCUT2D eigenvalue weighted by molar-refractivity contribution is 0.169. The molecule has 4 aromatic heterocycles. The number of hydrogen-bond acceptors (Lipinski definition) is 4. The van der Waals surface area contributed by atoms with Gasteiger partial charge in [-0.15, -0.1) is 0 Å². The lowest BCUT2D eigenvalue weighted by Gasteiger charge is -2.13. The number of hydrogen-bond donors (Lipinski definition) is 1. The van der Waals surface area contributed by atoms with Crippen molar-refractivity contribution in [1.29, 1.82) is 0 Å². The van der Waals surface area contributed by atoms with E-state index in [1.165, 1.54) is 0 Å². The van der Waals surface area contributed by atoms with Crippen LogP contribution in [0.15, 0.2) is 43.0 Å². The van der Waals surface area contributed by atoms with Crippen LogP contribution in [0.4, 0.5) is 0 Å². The van der Waals surface area contributed by atoms with Gasteiger partial charge in [-0.05, 0) is 44.0 Å². The van der Waals surface area contributed by atoms with Crippen molar-refractivity contribution in [3.63, 3.8) is 0 Å². The summed E-state index contributed by atoms with van der Waals surface area (Å²) in [5, 5.41) is 11.1. The molecule has 0 aliphatic carbocycles. The largest absolute Gasteiger partial charge is 0.387 e. The zero-order valence-corrected chi connectivity index (χ0v) is 14.6. The monoisotopic (exact) mass is 332 g/mol. The Bertz CT molecular complexity index is 1080. The van der Waals surface area contributed by atoms with E-state index in [0.29, 0.717) is 12.1 Å². The minimum absolute atomic E-state index is 0.525. The van der Waals surface area contributed by atoms with Crippen LogP contribution in [0.5, 0.6) is 0 Å². The summed E-state index contributed by atoms with van der Waals surface area (Å²) < 4.78 is 2.09. The van der Waals surface area contributed by atoms with Crippen LogP contribution in [0.25, 0.3) is 27.7 Å². The van der Waals surface area contributed by atoms with Gasteiger partial charge in [-0.2, -0.15) is 0 Å². The molecule has 4 heterocycles. The van der Waals surface area contributed by atoms with Crippen molar-refractivity contribution >= 4 is 16.6 Å². The van der Waals surface area contributed by atoms with Gasteiger partial charge >= 0.3 is 0 Å². The van der Waals surface area contributed by atoms with E-state index in [2.05, 4.69) is 31.5 Å². The van der Waals surface area contributed by atoms with E-state index >= 15 is 0 Å². The molecule has 5 nitrogen and oxygen atoms in total. The van der Waals surface area contributed by atoms with E-state index in [-0.39, 0.29) is 0 Å². The van der Waals surface area contributed by atoms with Crippen LogP contribution in [0, 0.1) is 13.8 Å². The normalized spacial score (nSPS) is 12.8. The van der Waals surface area contributed by atoms with Crippen LogP contribution in [-0.2, 0) is 0 Å². The van der Waals surface area contributed by atoms with Crippen molar-refractivity contribution in [3.8, 4) is 11.1 Å².